The molecule has 8 nitrogen and oxygen atoms in total. The number of halogens is 1. The van der Waals surface area contributed by atoms with Crippen LogP contribution in [0.5, 0.6) is 5.75 Å². The number of ether oxygens (including phenoxy) is 1. The van der Waals surface area contributed by atoms with Crippen molar-refractivity contribution in [3.8, 4) is 5.75 Å². The van der Waals surface area contributed by atoms with E-state index in [0.717, 1.165) is 19.6 Å². The van der Waals surface area contributed by atoms with Gasteiger partial charge in [-0.05, 0) is 74.9 Å². The lowest BCUT2D eigenvalue weighted by atomic mass is 9.85. The summed E-state index contributed by atoms with van der Waals surface area (Å²) in [5.41, 5.74) is -0.520. The molecule has 2 atom stereocenters. The Hall–Kier alpha value is -2.32. The maximum atomic E-state index is 13.0. The predicted molar refractivity (Wildman–Crippen MR) is 137 cm³/mol. The average Bonchev–Trinajstić information content (AvgIpc) is 3.30. The molecule has 2 amide bonds. The van der Waals surface area contributed by atoms with Crippen LogP contribution in [-0.4, -0.2) is 66.6 Å². The second-order valence-electron chi connectivity index (χ2n) is 10.2. The van der Waals surface area contributed by atoms with Gasteiger partial charge in [-0.15, -0.1) is 0 Å². The number of likely N-dealkylation sites (tertiary alicyclic amines) is 1. The van der Waals surface area contributed by atoms with Crippen molar-refractivity contribution in [1.82, 2.24) is 15.5 Å². The van der Waals surface area contributed by atoms with Gasteiger partial charge in [-0.2, -0.15) is 0 Å². The number of hydrogen-bond acceptors (Lipinski definition) is 5. The number of aliphatic carboxylic acids is 1. The Labute approximate surface area is 213 Å². The van der Waals surface area contributed by atoms with E-state index in [1.165, 1.54) is 12.8 Å². The lowest BCUT2D eigenvalue weighted by Gasteiger charge is -2.32. The summed E-state index contributed by atoms with van der Waals surface area (Å²) >= 11 is 5.87. The van der Waals surface area contributed by atoms with Crippen LogP contribution < -0.4 is 15.4 Å². The van der Waals surface area contributed by atoms with Crippen LogP contribution in [0, 0.1) is 11.3 Å². The molecule has 1 aliphatic heterocycles. The zero-order valence-electron chi connectivity index (χ0n) is 21.1. The van der Waals surface area contributed by atoms with E-state index >= 15 is 0 Å². The van der Waals surface area contributed by atoms with Gasteiger partial charge in [-0.1, -0.05) is 32.4 Å². The van der Waals surface area contributed by atoms with Gasteiger partial charge >= 0.3 is 5.97 Å². The van der Waals surface area contributed by atoms with Gasteiger partial charge in [0.2, 0.25) is 11.8 Å². The van der Waals surface area contributed by atoms with Crippen molar-refractivity contribution >= 4 is 29.4 Å². The first-order valence-corrected chi connectivity index (χ1v) is 12.8. The van der Waals surface area contributed by atoms with Gasteiger partial charge in [0.1, 0.15) is 11.8 Å². The minimum absolute atomic E-state index is 0.240. The Morgan fingerprint density at radius 3 is 2.34 bits per heavy atom. The summed E-state index contributed by atoms with van der Waals surface area (Å²) in [6, 6.07) is 6.31. The number of rotatable bonds is 14. The first-order chi connectivity index (χ1) is 16.6. The molecule has 1 aliphatic rings. The highest BCUT2D eigenvalue weighted by molar-refractivity contribution is 6.30. The van der Waals surface area contributed by atoms with Crippen LogP contribution in [0.15, 0.2) is 24.3 Å². The molecule has 0 bridgehead atoms. The fraction of sp³-hybridized carbons (Fsp3) is 0.654. The molecule has 1 saturated heterocycles. The number of carbonyl (C=O) groups excluding carboxylic acids is 2. The molecule has 0 aromatic heterocycles. The summed E-state index contributed by atoms with van der Waals surface area (Å²) < 4.78 is 5.67. The highest BCUT2D eigenvalue weighted by Gasteiger charge is 2.34. The normalized spacial score (nSPS) is 15.9. The van der Waals surface area contributed by atoms with E-state index in [2.05, 4.69) is 15.5 Å². The molecular weight excluding hydrogens is 470 g/mol. The van der Waals surface area contributed by atoms with E-state index in [1.807, 2.05) is 20.8 Å². The second-order valence-corrected chi connectivity index (χ2v) is 10.7. The van der Waals surface area contributed by atoms with Crippen LogP contribution in [0.1, 0.15) is 59.3 Å². The van der Waals surface area contributed by atoms with Gasteiger partial charge in [-0.3, -0.25) is 14.4 Å². The maximum absolute atomic E-state index is 13.0. The number of nitrogens with one attached hydrogen (secondary N) is 2. The topological polar surface area (TPSA) is 108 Å². The number of benzene rings is 1. The van der Waals surface area contributed by atoms with Gasteiger partial charge in [0.05, 0.1) is 13.0 Å². The molecule has 1 aromatic rings. The molecule has 0 spiro atoms. The van der Waals surface area contributed by atoms with Crippen LogP contribution in [0.25, 0.3) is 0 Å². The van der Waals surface area contributed by atoms with Crippen molar-refractivity contribution in [3.63, 3.8) is 0 Å². The van der Waals surface area contributed by atoms with Crippen molar-refractivity contribution in [2.45, 2.75) is 65.3 Å². The number of carboxylic acid groups (broad SMARTS) is 1. The number of carbonyl (C=O) groups is 3. The molecule has 1 aromatic carbocycles. The van der Waals surface area contributed by atoms with Crippen molar-refractivity contribution in [1.29, 1.82) is 0 Å². The van der Waals surface area contributed by atoms with Crippen molar-refractivity contribution in [2.24, 2.45) is 11.3 Å². The number of nitrogens with zero attached hydrogens (tertiary/aromatic N) is 1. The summed E-state index contributed by atoms with van der Waals surface area (Å²) in [6.45, 7) is 9.53. The van der Waals surface area contributed by atoms with Crippen LogP contribution in [0.4, 0.5) is 0 Å². The molecule has 0 saturated carbocycles. The quantitative estimate of drug-likeness (QED) is 0.330. The summed E-state index contributed by atoms with van der Waals surface area (Å²) in [5, 5.41) is 15.7. The van der Waals surface area contributed by atoms with E-state index in [9.17, 15) is 19.5 Å². The first-order valence-electron chi connectivity index (χ1n) is 12.5. The number of unbranched alkanes of at least 4 members (excludes halogenated alkanes) is 1. The molecular formula is C26H40ClN3O5. The minimum atomic E-state index is -1.04. The summed E-state index contributed by atoms with van der Waals surface area (Å²) in [6.07, 6.45) is 3.79. The monoisotopic (exact) mass is 509 g/mol. The van der Waals surface area contributed by atoms with E-state index < -0.39 is 29.3 Å². The van der Waals surface area contributed by atoms with Crippen molar-refractivity contribution < 1.29 is 24.2 Å². The fourth-order valence-corrected chi connectivity index (χ4v) is 4.26. The molecule has 0 radical (unpaired) electrons. The number of carboxylic acids is 1. The molecule has 3 N–H and O–H groups in total. The van der Waals surface area contributed by atoms with E-state index in [-0.39, 0.29) is 12.3 Å². The molecule has 35 heavy (non-hydrogen) atoms. The Bertz CT molecular complexity index is 819. The van der Waals surface area contributed by atoms with Crippen molar-refractivity contribution in [3.05, 3.63) is 29.3 Å². The van der Waals surface area contributed by atoms with E-state index in [0.29, 0.717) is 43.2 Å². The predicted octanol–water partition coefficient (Wildman–Crippen LogP) is 3.72. The third kappa shape index (κ3) is 10.9. The highest BCUT2D eigenvalue weighted by atomic mass is 35.5. The summed E-state index contributed by atoms with van der Waals surface area (Å²) in [7, 11) is 0. The maximum Gasteiger partial charge on any atom is 0.304 e. The molecule has 2 rings (SSSR count). The van der Waals surface area contributed by atoms with Gasteiger partial charge in [0.15, 0.2) is 0 Å². The van der Waals surface area contributed by atoms with E-state index in [1.54, 1.807) is 24.3 Å². The largest absolute Gasteiger partial charge is 0.494 e. The lowest BCUT2D eigenvalue weighted by molar-refractivity contribution is -0.142. The molecule has 196 valence electrons. The Balaban J connectivity index is 1.85. The van der Waals surface area contributed by atoms with Crippen LogP contribution in [0.3, 0.4) is 0 Å². The van der Waals surface area contributed by atoms with Gasteiger partial charge < -0.3 is 25.4 Å². The zero-order valence-corrected chi connectivity index (χ0v) is 21.9. The van der Waals surface area contributed by atoms with Gasteiger partial charge in [0, 0.05) is 24.0 Å². The Morgan fingerprint density at radius 2 is 1.74 bits per heavy atom. The zero-order chi connectivity index (χ0) is 25.8. The van der Waals surface area contributed by atoms with E-state index in [4.69, 9.17) is 16.3 Å². The molecule has 1 heterocycles. The third-order valence-electron chi connectivity index (χ3n) is 6.16. The van der Waals surface area contributed by atoms with Crippen LogP contribution in [0.2, 0.25) is 5.02 Å². The van der Waals surface area contributed by atoms with Gasteiger partial charge in [-0.25, -0.2) is 0 Å². The SMILES string of the molecule is CC(C)(C)[C@H](NC(=O)[C@H](CCCCOc1ccc(Cl)cc1)CC(=O)O)C(=O)NCCN1CCCC1. The summed E-state index contributed by atoms with van der Waals surface area (Å²) in [5.74, 6) is -1.69. The smallest absolute Gasteiger partial charge is 0.304 e. The Kier molecular flexibility index (Phi) is 11.8. The fourth-order valence-electron chi connectivity index (χ4n) is 4.13. The third-order valence-corrected chi connectivity index (χ3v) is 6.41. The second kappa shape index (κ2) is 14.3. The standard InChI is InChI=1S/C26H40ClN3O5/c1-26(2,3)23(25(34)28-13-16-30-14-5-6-15-30)29-24(33)19(18-22(31)32)8-4-7-17-35-21-11-9-20(27)10-12-21/h9-12,19,23H,4-8,13-18H2,1-3H3,(H,28,34)(H,29,33)(H,31,32)/t19-,23-/m1/s1. The van der Waals surface area contributed by atoms with Crippen LogP contribution >= 0.6 is 11.6 Å². The highest BCUT2D eigenvalue weighted by Crippen LogP contribution is 2.22. The molecule has 9 heteroatoms. The minimum Gasteiger partial charge on any atom is -0.494 e. The molecule has 1 fully saturated rings. The average molecular weight is 510 g/mol. The molecule has 0 aliphatic carbocycles. The number of hydrogen-bond donors (Lipinski definition) is 3. The molecule has 0 unspecified atom stereocenters. The lowest BCUT2D eigenvalue weighted by Crippen LogP contribution is -2.55. The Morgan fingerprint density at radius 1 is 1.09 bits per heavy atom. The number of amides is 2. The summed E-state index contributed by atoms with van der Waals surface area (Å²) in [4.78, 5) is 39.7. The van der Waals surface area contributed by atoms with Gasteiger partial charge in [0.25, 0.3) is 0 Å². The first kappa shape index (κ1) is 28.9. The van der Waals surface area contributed by atoms with Crippen molar-refractivity contribution in [2.75, 3.05) is 32.8 Å². The van der Waals surface area contributed by atoms with Crippen LogP contribution in [-0.2, 0) is 14.4 Å².